The molecule has 0 spiro atoms. The third-order valence-electron chi connectivity index (χ3n) is 3.63. The van der Waals surface area contributed by atoms with Crippen LogP contribution < -0.4 is 5.32 Å². The van der Waals surface area contributed by atoms with Crippen LogP contribution in [-0.2, 0) is 11.2 Å². The van der Waals surface area contributed by atoms with Gasteiger partial charge in [-0.15, -0.1) is 0 Å². The summed E-state index contributed by atoms with van der Waals surface area (Å²) in [5.41, 5.74) is 2.63. The Kier molecular flexibility index (Phi) is 4.77. The second kappa shape index (κ2) is 6.44. The summed E-state index contributed by atoms with van der Waals surface area (Å²) < 4.78 is 39.9. The summed E-state index contributed by atoms with van der Waals surface area (Å²) >= 11 is 0. The first kappa shape index (κ1) is 17.1. The first-order chi connectivity index (χ1) is 10.7. The second-order valence-electron chi connectivity index (χ2n) is 5.55. The van der Waals surface area contributed by atoms with Crippen molar-refractivity contribution in [1.82, 2.24) is 15.5 Å². The first-order valence-corrected chi connectivity index (χ1v) is 7.11. The maximum Gasteiger partial charge on any atom is 0.412 e. The number of halogens is 3. The van der Waals surface area contributed by atoms with Crippen LogP contribution in [0.2, 0.25) is 0 Å². The van der Waals surface area contributed by atoms with Crippen molar-refractivity contribution < 1.29 is 18.0 Å². The zero-order valence-electron chi connectivity index (χ0n) is 13.1. The van der Waals surface area contributed by atoms with Crippen molar-refractivity contribution in [2.75, 3.05) is 0 Å². The van der Waals surface area contributed by atoms with E-state index in [2.05, 4.69) is 15.5 Å². The van der Waals surface area contributed by atoms with Gasteiger partial charge in [0.1, 0.15) is 0 Å². The lowest BCUT2D eigenvalue weighted by Crippen LogP contribution is -2.39. The number of aromatic amines is 1. The van der Waals surface area contributed by atoms with Crippen LogP contribution in [0.4, 0.5) is 13.2 Å². The zero-order valence-corrected chi connectivity index (χ0v) is 13.1. The highest BCUT2D eigenvalue weighted by atomic mass is 19.4. The number of amides is 1. The summed E-state index contributed by atoms with van der Waals surface area (Å²) in [7, 11) is 0. The topological polar surface area (TPSA) is 57.8 Å². The summed E-state index contributed by atoms with van der Waals surface area (Å²) in [5, 5.41) is 8.74. The van der Waals surface area contributed by atoms with Crippen LogP contribution in [0.15, 0.2) is 24.3 Å². The molecule has 0 aliphatic rings. The number of nitrogens with zero attached hydrogens (tertiary/aromatic N) is 1. The number of benzene rings is 1. The number of aromatic nitrogens is 2. The van der Waals surface area contributed by atoms with Crippen LogP contribution in [0, 0.1) is 20.8 Å². The molecule has 0 aliphatic heterocycles. The molecule has 2 aromatic rings. The molecular weight excluding hydrogens is 307 g/mol. The van der Waals surface area contributed by atoms with E-state index in [4.69, 9.17) is 0 Å². The van der Waals surface area contributed by atoms with E-state index in [1.54, 1.807) is 32.9 Å². The molecule has 1 aromatic heterocycles. The van der Waals surface area contributed by atoms with E-state index in [1.807, 2.05) is 0 Å². The van der Waals surface area contributed by atoms with E-state index in [-0.39, 0.29) is 12.0 Å². The Balaban J connectivity index is 2.20. The molecule has 0 saturated carbocycles. The van der Waals surface area contributed by atoms with Gasteiger partial charge in [-0.1, -0.05) is 29.8 Å². The molecule has 2 rings (SSSR count). The van der Waals surface area contributed by atoms with Crippen molar-refractivity contribution in [2.24, 2.45) is 0 Å². The lowest BCUT2D eigenvalue weighted by molar-refractivity contribution is -0.163. The highest BCUT2D eigenvalue weighted by Crippen LogP contribution is 2.33. The average molecular weight is 325 g/mol. The van der Waals surface area contributed by atoms with Gasteiger partial charge in [0.2, 0.25) is 5.91 Å². The summed E-state index contributed by atoms with van der Waals surface area (Å²) in [6.07, 6.45) is -4.71. The van der Waals surface area contributed by atoms with Crippen molar-refractivity contribution in [2.45, 2.75) is 39.4 Å². The monoisotopic (exact) mass is 325 g/mol. The molecule has 7 heteroatoms. The lowest BCUT2D eigenvalue weighted by atomic mass is 10.0. The van der Waals surface area contributed by atoms with E-state index >= 15 is 0 Å². The highest BCUT2D eigenvalue weighted by Gasteiger charge is 2.41. The van der Waals surface area contributed by atoms with Crippen molar-refractivity contribution in [3.63, 3.8) is 0 Å². The van der Waals surface area contributed by atoms with Crippen molar-refractivity contribution in [3.05, 3.63) is 52.3 Å². The normalized spacial score (nSPS) is 13.0. The standard InChI is InChI=1S/C16H18F3N3O/c1-9-5-4-6-12(7-9)15(16(17,18)19)20-14(23)8-13-10(2)21-22-11(13)3/h4-7,15H,8H2,1-3H3,(H,20,23)(H,21,22)/t15-/m1/s1. The molecule has 0 fully saturated rings. The summed E-state index contributed by atoms with van der Waals surface area (Å²) in [4.78, 5) is 12.1. The van der Waals surface area contributed by atoms with Crippen LogP contribution >= 0.6 is 0 Å². The molecule has 0 bridgehead atoms. The van der Waals surface area contributed by atoms with E-state index < -0.39 is 18.1 Å². The van der Waals surface area contributed by atoms with Gasteiger partial charge < -0.3 is 5.32 Å². The number of hydrogen-bond donors (Lipinski definition) is 2. The van der Waals surface area contributed by atoms with Gasteiger partial charge in [0.05, 0.1) is 12.1 Å². The molecule has 23 heavy (non-hydrogen) atoms. The summed E-state index contributed by atoms with van der Waals surface area (Å²) in [6, 6.07) is 4.01. The van der Waals surface area contributed by atoms with E-state index in [0.717, 1.165) is 0 Å². The van der Waals surface area contributed by atoms with Crippen LogP contribution in [-0.4, -0.2) is 22.3 Å². The number of rotatable bonds is 4. The minimum absolute atomic E-state index is 0.0199. The summed E-state index contributed by atoms with van der Waals surface area (Å²) in [5.74, 6) is -0.693. The SMILES string of the molecule is Cc1cccc([C@@H](NC(=O)Cc2c(C)n[nH]c2C)C(F)(F)F)c1. The van der Waals surface area contributed by atoms with Gasteiger partial charge in [0.25, 0.3) is 0 Å². The Bertz CT molecular complexity index is 687. The first-order valence-electron chi connectivity index (χ1n) is 7.11. The minimum Gasteiger partial charge on any atom is -0.341 e. The van der Waals surface area contributed by atoms with E-state index in [9.17, 15) is 18.0 Å². The lowest BCUT2D eigenvalue weighted by Gasteiger charge is -2.22. The van der Waals surface area contributed by atoms with Gasteiger partial charge in [-0.3, -0.25) is 9.89 Å². The number of nitrogens with one attached hydrogen (secondary N) is 2. The van der Waals surface area contributed by atoms with Gasteiger partial charge in [0, 0.05) is 11.3 Å². The highest BCUT2D eigenvalue weighted by molar-refractivity contribution is 5.79. The Morgan fingerprint density at radius 3 is 2.52 bits per heavy atom. The molecule has 1 amide bonds. The number of alkyl halides is 3. The number of carbonyl (C=O) groups excluding carboxylic acids is 1. The number of hydrogen-bond acceptors (Lipinski definition) is 2. The molecule has 4 nitrogen and oxygen atoms in total. The van der Waals surface area contributed by atoms with Crippen molar-refractivity contribution in [1.29, 1.82) is 0 Å². The molecule has 1 heterocycles. The molecule has 0 aliphatic carbocycles. The third kappa shape index (κ3) is 4.12. The maximum atomic E-state index is 13.3. The quantitative estimate of drug-likeness (QED) is 0.906. The Hall–Kier alpha value is -2.31. The van der Waals surface area contributed by atoms with Crippen molar-refractivity contribution in [3.8, 4) is 0 Å². The van der Waals surface area contributed by atoms with Gasteiger partial charge >= 0.3 is 6.18 Å². The van der Waals surface area contributed by atoms with Crippen LogP contribution in [0.25, 0.3) is 0 Å². The summed E-state index contributed by atoms with van der Waals surface area (Å²) in [6.45, 7) is 5.13. The molecular formula is C16H18F3N3O. The van der Waals surface area contributed by atoms with E-state index in [1.165, 1.54) is 12.1 Å². The number of aryl methyl sites for hydroxylation is 3. The predicted octanol–water partition coefficient (Wildman–Crippen LogP) is 3.30. The fraction of sp³-hybridized carbons (Fsp3) is 0.375. The number of H-pyrrole nitrogens is 1. The number of carbonyl (C=O) groups is 1. The Labute approximate surface area is 132 Å². The Morgan fingerprint density at radius 1 is 1.30 bits per heavy atom. The molecule has 1 aromatic carbocycles. The fourth-order valence-electron chi connectivity index (χ4n) is 2.41. The molecule has 1 atom stereocenters. The minimum atomic E-state index is -4.57. The van der Waals surface area contributed by atoms with Crippen LogP contribution in [0.1, 0.15) is 34.1 Å². The van der Waals surface area contributed by atoms with Crippen LogP contribution in [0.3, 0.4) is 0 Å². The maximum absolute atomic E-state index is 13.3. The van der Waals surface area contributed by atoms with Crippen molar-refractivity contribution >= 4 is 5.91 Å². The molecule has 2 N–H and O–H groups in total. The smallest absolute Gasteiger partial charge is 0.341 e. The zero-order chi connectivity index (χ0) is 17.2. The van der Waals surface area contributed by atoms with Gasteiger partial charge in [0.15, 0.2) is 6.04 Å². The van der Waals surface area contributed by atoms with Gasteiger partial charge in [-0.05, 0) is 26.3 Å². The second-order valence-corrected chi connectivity index (χ2v) is 5.55. The van der Waals surface area contributed by atoms with Gasteiger partial charge in [-0.2, -0.15) is 18.3 Å². The average Bonchev–Trinajstić information content (AvgIpc) is 2.75. The van der Waals surface area contributed by atoms with Gasteiger partial charge in [-0.25, -0.2) is 0 Å². The largest absolute Gasteiger partial charge is 0.412 e. The molecule has 0 unspecified atom stereocenters. The van der Waals surface area contributed by atoms with E-state index in [0.29, 0.717) is 22.5 Å². The fourth-order valence-corrected chi connectivity index (χ4v) is 2.41. The van der Waals surface area contributed by atoms with Crippen LogP contribution in [0.5, 0.6) is 0 Å². The molecule has 0 radical (unpaired) electrons. The Morgan fingerprint density at radius 2 is 2.00 bits per heavy atom. The molecule has 0 saturated heterocycles. The third-order valence-corrected chi connectivity index (χ3v) is 3.63. The molecule has 124 valence electrons. The predicted molar refractivity (Wildman–Crippen MR) is 79.9 cm³/mol.